The molecule has 0 fully saturated rings. The molecule has 1 aromatic carbocycles. The summed E-state index contributed by atoms with van der Waals surface area (Å²) in [7, 11) is 0. The topological polar surface area (TPSA) is 43.4 Å². The predicted octanol–water partition coefficient (Wildman–Crippen LogP) is 4.49. The smallest absolute Gasteiger partial charge is 0.310 e. The number of ketones is 1. The van der Waals surface area contributed by atoms with Crippen molar-refractivity contribution in [3.8, 4) is 10.4 Å². The molecule has 2 rings (SSSR count). The molecule has 0 aliphatic rings. The number of Topliss-reactive ketones (excluding diaryl/α,β-unsaturated/α-hetero) is 1. The molecule has 5 heteroatoms. The summed E-state index contributed by atoms with van der Waals surface area (Å²) in [6.07, 6.45) is 0.166. The molecule has 0 radical (unpaired) electrons. The molecule has 0 bridgehead atoms. The van der Waals surface area contributed by atoms with Crippen molar-refractivity contribution in [3.63, 3.8) is 0 Å². The Morgan fingerprint density at radius 2 is 2.09 bits per heavy atom. The Hall–Kier alpha value is -1.46. The molecular formula is C17H17BrO3S. The van der Waals surface area contributed by atoms with Crippen molar-refractivity contribution in [1.82, 2.24) is 0 Å². The SMILES string of the molecule is CCOC(=O)Cc1cc(C(=O)C(C)Br)ccc1-c1cccs1. The van der Waals surface area contributed by atoms with E-state index in [0.717, 1.165) is 16.0 Å². The third-order valence-electron chi connectivity index (χ3n) is 3.18. The zero-order chi connectivity index (χ0) is 16.1. The van der Waals surface area contributed by atoms with Crippen molar-refractivity contribution < 1.29 is 14.3 Å². The second kappa shape index (κ2) is 7.70. The summed E-state index contributed by atoms with van der Waals surface area (Å²) in [5, 5.41) is 1.99. The van der Waals surface area contributed by atoms with Gasteiger partial charge in [0.25, 0.3) is 0 Å². The monoisotopic (exact) mass is 380 g/mol. The number of hydrogen-bond donors (Lipinski definition) is 0. The van der Waals surface area contributed by atoms with Crippen molar-refractivity contribution in [2.75, 3.05) is 6.61 Å². The molecule has 0 spiro atoms. The zero-order valence-electron chi connectivity index (χ0n) is 12.5. The summed E-state index contributed by atoms with van der Waals surface area (Å²) in [6.45, 7) is 3.93. The van der Waals surface area contributed by atoms with E-state index in [1.165, 1.54) is 0 Å². The van der Waals surface area contributed by atoms with Crippen LogP contribution in [0.15, 0.2) is 35.7 Å². The van der Waals surface area contributed by atoms with Gasteiger partial charge in [-0.2, -0.15) is 0 Å². The van der Waals surface area contributed by atoms with Gasteiger partial charge < -0.3 is 4.74 Å². The summed E-state index contributed by atoms with van der Waals surface area (Å²) < 4.78 is 5.04. The molecule has 0 aliphatic carbocycles. The van der Waals surface area contributed by atoms with Gasteiger partial charge in [0.05, 0.1) is 17.9 Å². The molecular weight excluding hydrogens is 364 g/mol. The minimum absolute atomic E-state index is 0.00263. The summed E-state index contributed by atoms with van der Waals surface area (Å²) in [6, 6.07) is 9.48. The molecule has 0 aliphatic heterocycles. The highest BCUT2D eigenvalue weighted by Gasteiger charge is 2.17. The van der Waals surface area contributed by atoms with Crippen molar-refractivity contribution >= 4 is 39.0 Å². The highest BCUT2D eigenvalue weighted by atomic mass is 79.9. The fourth-order valence-corrected chi connectivity index (χ4v) is 3.21. The molecule has 1 aromatic heterocycles. The Morgan fingerprint density at radius 3 is 2.68 bits per heavy atom. The molecule has 0 amide bonds. The molecule has 1 unspecified atom stereocenters. The van der Waals surface area contributed by atoms with Gasteiger partial charge in [0.1, 0.15) is 0 Å². The molecule has 1 heterocycles. The number of hydrogen-bond acceptors (Lipinski definition) is 4. The number of carbonyl (C=O) groups excluding carboxylic acids is 2. The first-order valence-electron chi connectivity index (χ1n) is 7.03. The minimum atomic E-state index is -0.281. The summed E-state index contributed by atoms with van der Waals surface area (Å²) in [4.78, 5) is 24.8. The molecule has 22 heavy (non-hydrogen) atoms. The van der Waals surface area contributed by atoms with Crippen molar-refractivity contribution in [1.29, 1.82) is 0 Å². The molecule has 0 N–H and O–H groups in total. The first kappa shape index (κ1) is 16.9. The lowest BCUT2D eigenvalue weighted by molar-refractivity contribution is -0.142. The highest BCUT2D eigenvalue weighted by molar-refractivity contribution is 9.10. The molecule has 2 aromatic rings. The van der Waals surface area contributed by atoms with Crippen LogP contribution >= 0.6 is 27.3 Å². The second-order valence-corrected chi connectivity index (χ2v) is 7.13. The van der Waals surface area contributed by atoms with E-state index in [0.29, 0.717) is 12.2 Å². The first-order valence-corrected chi connectivity index (χ1v) is 8.83. The standard InChI is InChI=1S/C17H17BrO3S/c1-3-21-16(19)10-13-9-12(17(20)11(2)18)6-7-14(13)15-5-4-8-22-15/h4-9,11H,3,10H2,1-2H3. The van der Waals surface area contributed by atoms with E-state index < -0.39 is 0 Å². The van der Waals surface area contributed by atoms with E-state index in [4.69, 9.17) is 4.74 Å². The van der Waals surface area contributed by atoms with E-state index in [9.17, 15) is 9.59 Å². The first-order chi connectivity index (χ1) is 10.5. The van der Waals surface area contributed by atoms with Gasteiger partial charge in [0.2, 0.25) is 0 Å². The normalized spacial score (nSPS) is 12.0. The number of thiophene rings is 1. The van der Waals surface area contributed by atoms with Gasteiger partial charge in [0.15, 0.2) is 5.78 Å². The van der Waals surface area contributed by atoms with E-state index in [2.05, 4.69) is 15.9 Å². The lowest BCUT2D eigenvalue weighted by Crippen LogP contribution is -2.12. The Morgan fingerprint density at radius 1 is 1.32 bits per heavy atom. The third kappa shape index (κ3) is 4.05. The number of halogens is 1. The highest BCUT2D eigenvalue weighted by Crippen LogP contribution is 2.30. The van der Waals surface area contributed by atoms with Crippen LogP contribution < -0.4 is 0 Å². The fourth-order valence-electron chi connectivity index (χ4n) is 2.16. The van der Waals surface area contributed by atoms with Gasteiger partial charge in [-0.05, 0) is 42.5 Å². The second-order valence-electron chi connectivity index (χ2n) is 4.81. The lowest BCUT2D eigenvalue weighted by atomic mass is 9.97. The maximum absolute atomic E-state index is 12.1. The van der Waals surface area contributed by atoms with Gasteiger partial charge >= 0.3 is 5.97 Å². The van der Waals surface area contributed by atoms with Gasteiger partial charge in [-0.25, -0.2) is 0 Å². The molecule has 116 valence electrons. The van der Waals surface area contributed by atoms with Crippen LogP contribution in [-0.2, 0) is 16.0 Å². The maximum Gasteiger partial charge on any atom is 0.310 e. The van der Waals surface area contributed by atoms with Crippen LogP contribution in [0.25, 0.3) is 10.4 Å². The number of ether oxygens (including phenoxy) is 1. The molecule has 3 nitrogen and oxygen atoms in total. The largest absolute Gasteiger partial charge is 0.466 e. The quantitative estimate of drug-likeness (QED) is 0.421. The Kier molecular flexibility index (Phi) is 5.91. The van der Waals surface area contributed by atoms with Crippen molar-refractivity contribution in [3.05, 3.63) is 46.8 Å². The Labute approximate surface area is 142 Å². The summed E-state index contributed by atoms with van der Waals surface area (Å²) in [5.41, 5.74) is 2.39. The van der Waals surface area contributed by atoms with Gasteiger partial charge in [0, 0.05) is 10.4 Å². The van der Waals surface area contributed by atoms with E-state index in [-0.39, 0.29) is 23.0 Å². The number of carbonyl (C=O) groups is 2. The van der Waals surface area contributed by atoms with Gasteiger partial charge in [-0.15, -0.1) is 11.3 Å². The van der Waals surface area contributed by atoms with Crippen LogP contribution in [0.1, 0.15) is 29.8 Å². The number of rotatable bonds is 6. The minimum Gasteiger partial charge on any atom is -0.466 e. The lowest BCUT2D eigenvalue weighted by Gasteiger charge is -2.11. The van der Waals surface area contributed by atoms with E-state index >= 15 is 0 Å². The van der Waals surface area contributed by atoms with Crippen LogP contribution in [0.5, 0.6) is 0 Å². The fraction of sp³-hybridized carbons (Fsp3) is 0.294. The average molecular weight is 381 g/mol. The van der Waals surface area contributed by atoms with Crippen LogP contribution in [0.2, 0.25) is 0 Å². The van der Waals surface area contributed by atoms with Gasteiger partial charge in [-0.1, -0.05) is 34.1 Å². The predicted molar refractivity (Wildman–Crippen MR) is 92.8 cm³/mol. The van der Waals surface area contributed by atoms with Crippen molar-refractivity contribution in [2.45, 2.75) is 25.1 Å². The van der Waals surface area contributed by atoms with Crippen LogP contribution in [0.3, 0.4) is 0 Å². The maximum atomic E-state index is 12.1. The van der Waals surface area contributed by atoms with Crippen molar-refractivity contribution in [2.24, 2.45) is 0 Å². The number of alkyl halides is 1. The van der Waals surface area contributed by atoms with Crippen LogP contribution in [0.4, 0.5) is 0 Å². The molecule has 0 saturated heterocycles. The Bertz CT molecular complexity index is 663. The Balaban J connectivity index is 2.41. The average Bonchev–Trinajstić information content (AvgIpc) is 3.00. The van der Waals surface area contributed by atoms with Crippen LogP contribution in [0, 0.1) is 0 Å². The third-order valence-corrected chi connectivity index (χ3v) is 4.50. The molecule has 0 saturated carbocycles. The van der Waals surface area contributed by atoms with E-state index in [1.54, 1.807) is 31.3 Å². The molecule has 1 atom stereocenters. The van der Waals surface area contributed by atoms with Crippen LogP contribution in [-0.4, -0.2) is 23.2 Å². The summed E-state index contributed by atoms with van der Waals surface area (Å²) >= 11 is 4.90. The summed E-state index contributed by atoms with van der Waals surface area (Å²) in [5.74, 6) is -0.278. The van der Waals surface area contributed by atoms with Gasteiger partial charge in [-0.3, -0.25) is 9.59 Å². The zero-order valence-corrected chi connectivity index (χ0v) is 14.9. The number of benzene rings is 1. The number of esters is 1. The van der Waals surface area contributed by atoms with E-state index in [1.807, 2.05) is 29.6 Å².